The largest absolute Gasteiger partial charge is 0.543 e. The average Bonchev–Trinajstić information content (AvgIpc) is 2.34. The molecule has 50 valence electrons. The number of hydrogen-bond donors (Lipinski definition) is 1. The number of aromatic carboxylic acids is 1. The molecule has 0 saturated heterocycles. The van der Waals surface area contributed by atoms with E-state index in [1.165, 1.54) is 0 Å². The van der Waals surface area contributed by atoms with Crippen LogP contribution >= 0.6 is 0 Å². The molecule has 0 aromatic carbocycles. The summed E-state index contributed by atoms with van der Waals surface area (Å²) >= 11 is 0. The Kier molecular flexibility index (Phi) is 1.38. The van der Waals surface area contributed by atoms with Crippen LogP contribution in [0.5, 0.6) is 0 Å². The van der Waals surface area contributed by atoms with Gasteiger partial charge < -0.3 is 9.90 Å². The average molecular weight is 136 g/mol. The van der Waals surface area contributed by atoms with Crippen LogP contribution in [0.25, 0.3) is 0 Å². The lowest BCUT2D eigenvalue weighted by Crippen LogP contribution is -2.22. The van der Waals surface area contributed by atoms with Crippen molar-refractivity contribution in [2.75, 3.05) is 0 Å². The number of carbonyl (C=O) groups excluding carboxylic acids is 1. The van der Waals surface area contributed by atoms with E-state index in [4.69, 9.17) is 5.26 Å². The van der Waals surface area contributed by atoms with Gasteiger partial charge in [-0.05, 0) is 0 Å². The first-order valence-corrected chi connectivity index (χ1v) is 2.41. The van der Waals surface area contributed by atoms with Crippen molar-refractivity contribution >= 4 is 5.97 Å². The zero-order valence-corrected chi connectivity index (χ0v) is 4.79. The van der Waals surface area contributed by atoms with Crippen molar-refractivity contribution < 1.29 is 9.90 Å². The molecule has 0 aliphatic rings. The van der Waals surface area contributed by atoms with Crippen LogP contribution < -0.4 is 5.11 Å². The number of hydrogen-bond acceptors (Lipinski definition) is 4. The Morgan fingerprint density at radius 3 is 2.90 bits per heavy atom. The van der Waals surface area contributed by atoms with Crippen LogP contribution in [0.3, 0.4) is 0 Å². The minimum atomic E-state index is -1.37. The van der Waals surface area contributed by atoms with Gasteiger partial charge in [-0.1, -0.05) is 0 Å². The number of nitriles is 1. The first kappa shape index (κ1) is 6.29. The first-order chi connectivity index (χ1) is 4.74. The monoisotopic (exact) mass is 136 g/mol. The highest BCUT2D eigenvalue weighted by molar-refractivity contribution is 5.83. The Morgan fingerprint density at radius 2 is 2.60 bits per heavy atom. The van der Waals surface area contributed by atoms with Gasteiger partial charge in [0.2, 0.25) is 0 Å². The summed E-state index contributed by atoms with van der Waals surface area (Å²) < 4.78 is 0. The SMILES string of the molecule is N#Cc1cc(C(=O)[O-])[nH]n1. The van der Waals surface area contributed by atoms with E-state index in [0.717, 1.165) is 6.07 Å². The zero-order valence-electron chi connectivity index (χ0n) is 4.79. The molecule has 0 saturated carbocycles. The molecule has 0 atom stereocenters. The van der Waals surface area contributed by atoms with Crippen molar-refractivity contribution in [2.24, 2.45) is 0 Å². The second-order valence-corrected chi connectivity index (χ2v) is 1.57. The quantitative estimate of drug-likeness (QED) is 0.516. The molecule has 1 rings (SSSR count). The van der Waals surface area contributed by atoms with E-state index in [9.17, 15) is 9.90 Å². The van der Waals surface area contributed by atoms with Crippen LogP contribution in [-0.2, 0) is 0 Å². The number of H-pyrrole nitrogens is 1. The standard InChI is InChI=1S/C5H3N3O2/c6-2-3-1-4(5(9)10)8-7-3/h1H,(H,7,8)(H,9,10)/p-1. The van der Waals surface area contributed by atoms with Gasteiger partial charge in [0, 0.05) is 6.07 Å². The maximum Gasteiger partial charge on any atom is 0.162 e. The van der Waals surface area contributed by atoms with Crippen molar-refractivity contribution in [1.82, 2.24) is 10.2 Å². The summed E-state index contributed by atoms with van der Waals surface area (Å²) in [7, 11) is 0. The summed E-state index contributed by atoms with van der Waals surface area (Å²) in [4.78, 5) is 10.0. The lowest BCUT2D eigenvalue weighted by Gasteiger charge is -1.91. The van der Waals surface area contributed by atoms with E-state index < -0.39 is 5.97 Å². The molecule has 0 aliphatic heterocycles. The molecular weight excluding hydrogens is 134 g/mol. The van der Waals surface area contributed by atoms with Gasteiger partial charge in [0.1, 0.15) is 6.07 Å². The van der Waals surface area contributed by atoms with E-state index in [-0.39, 0.29) is 11.4 Å². The minimum absolute atomic E-state index is 0.0409. The Bertz CT molecular complexity index is 296. The Morgan fingerprint density at radius 1 is 1.90 bits per heavy atom. The molecule has 10 heavy (non-hydrogen) atoms. The molecular formula is C5H2N3O2-. The Balaban J connectivity index is 3.02. The van der Waals surface area contributed by atoms with Crippen LogP contribution in [0.2, 0.25) is 0 Å². The number of carbonyl (C=O) groups is 1. The predicted octanol–water partition coefficient (Wildman–Crippen LogP) is -1.36. The second-order valence-electron chi connectivity index (χ2n) is 1.57. The van der Waals surface area contributed by atoms with Gasteiger partial charge in [-0.25, -0.2) is 0 Å². The van der Waals surface area contributed by atoms with E-state index >= 15 is 0 Å². The number of aromatic amines is 1. The predicted molar refractivity (Wildman–Crippen MR) is 27.6 cm³/mol. The topological polar surface area (TPSA) is 92.6 Å². The summed E-state index contributed by atoms with van der Waals surface area (Å²) in [5, 5.41) is 23.7. The molecule has 1 aromatic rings. The molecule has 0 amide bonds. The van der Waals surface area contributed by atoms with E-state index in [1.54, 1.807) is 6.07 Å². The summed E-state index contributed by atoms with van der Waals surface area (Å²) in [6, 6.07) is 2.78. The van der Waals surface area contributed by atoms with E-state index in [0.29, 0.717) is 0 Å². The fourth-order valence-electron chi connectivity index (χ4n) is 0.484. The molecule has 0 fully saturated rings. The number of aromatic nitrogens is 2. The van der Waals surface area contributed by atoms with Gasteiger partial charge in [-0.15, -0.1) is 0 Å². The molecule has 5 heteroatoms. The number of carboxylic acid groups (broad SMARTS) is 1. The third-order valence-corrected chi connectivity index (χ3v) is 0.912. The lowest BCUT2D eigenvalue weighted by molar-refractivity contribution is -0.255. The highest BCUT2D eigenvalue weighted by Gasteiger charge is 1.98. The molecule has 1 aromatic heterocycles. The molecule has 0 unspecified atom stereocenters. The van der Waals surface area contributed by atoms with Crippen LogP contribution in [0.1, 0.15) is 16.2 Å². The summed E-state index contributed by atoms with van der Waals surface area (Å²) in [5.74, 6) is -1.37. The lowest BCUT2D eigenvalue weighted by atomic mass is 10.4. The fraction of sp³-hybridized carbons (Fsp3) is 0. The smallest absolute Gasteiger partial charge is 0.162 e. The summed E-state index contributed by atoms with van der Waals surface area (Å²) in [6.45, 7) is 0. The highest BCUT2D eigenvalue weighted by Crippen LogP contribution is 1.94. The molecule has 0 bridgehead atoms. The van der Waals surface area contributed by atoms with Crippen molar-refractivity contribution in [3.63, 3.8) is 0 Å². The minimum Gasteiger partial charge on any atom is -0.543 e. The molecule has 1 N–H and O–H groups in total. The third-order valence-electron chi connectivity index (χ3n) is 0.912. The van der Waals surface area contributed by atoms with Gasteiger partial charge in [-0.2, -0.15) is 10.4 Å². The van der Waals surface area contributed by atoms with E-state index in [1.807, 2.05) is 0 Å². The first-order valence-electron chi connectivity index (χ1n) is 2.41. The van der Waals surface area contributed by atoms with Gasteiger partial charge in [0.15, 0.2) is 5.69 Å². The van der Waals surface area contributed by atoms with Crippen molar-refractivity contribution in [3.05, 3.63) is 17.5 Å². The number of nitrogens with one attached hydrogen (secondary N) is 1. The normalized spacial score (nSPS) is 8.70. The van der Waals surface area contributed by atoms with Crippen molar-refractivity contribution in [2.45, 2.75) is 0 Å². The molecule has 0 aliphatic carbocycles. The maximum absolute atomic E-state index is 10.0. The highest BCUT2D eigenvalue weighted by atomic mass is 16.4. The van der Waals surface area contributed by atoms with Gasteiger partial charge in [0.25, 0.3) is 0 Å². The number of rotatable bonds is 1. The Labute approximate surface area is 55.9 Å². The molecule has 5 nitrogen and oxygen atoms in total. The van der Waals surface area contributed by atoms with Crippen molar-refractivity contribution in [1.29, 1.82) is 5.26 Å². The van der Waals surface area contributed by atoms with Crippen molar-refractivity contribution in [3.8, 4) is 6.07 Å². The Hall–Kier alpha value is -1.83. The molecule has 1 heterocycles. The number of nitrogens with zero attached hydrogens (tertiary/aromatic N) is 2. The number of carboxylic acids is 1. The van der Waals surface area contributed by atoms with Gasteiger partial charge in [0.05, 0.1) is 11.7 Å². The van der Waals surface area contributed by atoms with Crippen LogP contribution in [0.4, 0.5) is 0 Å². The van der Waals surface area contributed by atoms with Gasteiger partial charge >= 0.3 is 0 Å². The van der Waals surface area contributed by atoms with Crippen LogP contribution in [-0.4, -0.2) is 16.2 Å². The molecule has 0 spiro atoms. The third kappa shape index (κ3) is 0.951. The summed E-state index contributed by atoms with van der Waals surface area (Å²) in [5.41, 5.74) is -0.143. The zero-order chi connectivity index (χ0) is 7.56. The summed E-state index contributed by atoms with van der Waals surface area (Å²) in [6.07, 6.45) is 0. The van der Waals surface area contributed by atoms with Crippen LogP contribution in [0, 0.1) is 11.3 Å². The van der Waals surface area contributed by atoms with Crippen LogP contribution in [0.15, 0.2) is 6.07 Å². The van der Waals surface area contributed by atoms with Gasteiger partial charge in [-0.3, -0.25) is 5.10 Å². The second kappa shape index (κ2) is 2.19. The maximum atomic E-state index is 10.0. The van der Waals surface area contributed by atoms with E-state index in [2.05, 4.69) is 10.2 Å². The molecule has 0 radical (unpaired) electrons. The fourth-order valence-corrected chi connectivity index (χ4v) is 0.484.